The Labute approximate surface area is 139 Å². The summed E-state index contributed by atoms with van der Waals surface area (Å²) in [6, 6.07) is 11.4. The van der Waals surface area contributed by atoms with E-state index in [0.29, 0.717) is 29.6 Å². The molecule has 0 radical (unpaired) electrons. The third-order valence-corrected chi connectivity index (χ3v) is 4.25. The second-order valence-electron chi connectivity index (χ2n) is 4.69. The smallest absolute Gasteiger partial charge is 0.191 e. The molecule has 1 atom stereocenters. The minimum atomic E-state index is -0.681. The topological polar surface area (TPSA) is 56.7 Å². The lowest BCUT2D eigenvalue weighted by Gasteiger charge is -2.16. The molecule has 0 spiro atoms. The quantitative estimate of drug-likeness (QED) is 0.560. The molecule has 0 amide bonds. The van der Waals surface area contributed by atoms with Crippen LogP contribution in [0.5, 0.6) is 0 Å². The number of aliphatic hydroxyl groups is 1. The van der Waals surface area contributed by atoms with Crippen molar-refractivity contribution in [2.24, 2.45) is 4.99 Å². The van der Waals surface area contributed by atoms with Crippen LogP contribution in [0.1, 0.15) is 23.5 Å². The molecule has 1 heterocycles. The van der Waals surface area contributed by atoms with Gasteiger partial charge < -0.3 is 15.7 Å². The van der Waals surface area contributed by atoms with E-state index in [-0.39, 0.29) is 0 Å². The lowest BCUT2D eigenvalue weighted by Crippen LogP contribution is -2.39. The average molecular weight is 338 g/mol. The fourth-order valence-corrected chi connectivity index (χ4v) is 2.84. The molecule has 1 aromatic heterocycles. The van der Waals surface area contributed by atoms with E-state index in [1.165, 1.54) is 4.88 Å². The van der Waals surface area contributed by atoms with Crippen LogP contribution < -0.4 is 10.6 Å². The van der Waals surface area contributed by atoms with E-state index in [1.807, 2.05) is 36.6 Å². The Morgan fingerprint density at radius 1 is 1.27 bits per heavy atom. The summed E-state index contributed by atoms with van der Waals surface area (Å²) in [5.74, 6) is 0.682. The van der Waals surface area contributed by atoms with Gasteiger partial charge in [0, 0.05) is 28.6 Å². The lowest BCUT2D eigenvalue weighted by atomic mass is 10.1. The summed E-state index contributed by atoms with van der Waals surface area (Å²) in [6.45, 7) is 3.74. The molecule has 1 unspecified atom stereocenters. The highest BCUT2D eigenvalue weighted by molar-refractivity contribution is 7.09. The zero-order valence-corrected chi connectivity index (χ0v) is 14.0. The van der Waals surface area contributed by atoms with Gasteiger partial charge in [0.15, 0.2) is 5.96 Å². The van der Waals surface area contributed by atoms with Crippen LogP contribution in [0.15, 0.2) is 46.8 Å². The fourth-order valence-electron chi connectivity index (χ4n) is 1.95. The lowest BCUT2D eigenvalue weighted by molar-refractivity contribution is 0.181. The van der Waals surface area contributed by atoms with Gasteiger partial charge in [0.1, 0.15) is 0 Å². The van der Waals surface area contributed by atoms with Gasteiger partial charge in [-0.2, -0.15) is 0 Å². The van der Waals surface area contributed by atoms with Crippen molar-refractivity contribution in [2.75, 3.05) is 13.1 Å². The predicted octanol–water partition coefficient (Wildman–Crippen LogP) is 3.19. The zero-order valence-electron chi connectivity index (χ0n) is 12.4. The van der Waals surface area contributed by atoms with Crippen LogP contribution in [0.4, 0.5) is 0 Å². The summed E-state index contributed by atoms with van der Waals surface area (Å²) < 4.78 is 0. The summed E-state index contributed by atoms with van der Waals surface area (Å²) in [5, 5.41) is 19.2. The van der Waals surface area contributed by atoms with Gasteiger partial charge in [-0.3, -0.25) is 0 Å². The number of thiophene rings is 1. The van der Waals surface area contributed by atoms with Crippen LogP contribution in [0.25, 0.3) is 0 Å². The second kappa shape index (κ2) is 8.78. The summed E-state index contributed by atoms with van der Waals surface area (Å²) in [6.07, 6.45) is -0.681. The first-order valence-electron chi connectivity index (χ1n) is 7.17. The molecule has 0 saturated carbocycles. The largest absolute Gasteiger partial charge is 0.387 e. The molecule has 22 heavy (non-hydrogen) atoms. The van der Waals surface area contributed by atoms with Gasteiger partial charge in [0.05, 0.1) is 12.6 Å². The van der Waals surface area contributed by atoms with Crippen molar-refractivity contribution in [1.82, 2.24) is 10.6 Å². The SMILES string of the molecule is CCNC(=NCc1cccs1)NCC(O)c1ccccc1Cl. The minimum Gasteiger partial charge on any atom is -0.387 e. The van der Waals surface area contributed by atoms with Crippen molar-refractivity contribution in [3.8, 4) is 0 Å². The van der Waals surface area contributed by atoms with E-state index in [1.54, 1.807) is 17.4 Å². The Kier molecular flexibility index (Phi) is 6.71. The van der Waals surface area contributed by atoms with Crippen LogP contribution in [-0.4, -0.2) is 24.2 Å². The highest BCUT2D eigenvalue weighted by Gasteiger charge is 2.11. The van der Waals surface area contributed by atoms with Crippen LogP contribution in [0, 0.1) is 0 Å². The monoisotopic (exact) mass is 337 g/mol. The van der Waals surface area contributed by atoms with E-state index >= 15 is 0 Å². The Morgan fingerprint density at radius 2 is 2.09 bits per heavy atom. The molecule has 2 aromatic rings. The minimum absolute atomic E-state index is 0.347. The number of hydrogen-bond donors (Lipinski definition) is 3. The third-order valence-electron chi connectivity index (χ3n) is 3.04. The van der Waals surface area contributed by atoms with Crippen molar-refractivity contribution < 1.29 is 5.11 Å². The standard InChI is InChI=1S/C16H20ClN3OS/c1-2-18-16(19-10-12-6-5-9-22-12)20-11-15(21)13-7-3-4-8-14(13)17/h3-9,15,21H,2,10-11H2,1H3,(H2,18,19,20). The van der Waals surface area contributed by atoms with Gasteiger partial charge in [-0.15, -0.1) is 11.3 Å². The van der Waals surface area contributed by atoms with Crippen LogP contribution in [-0.2, 0) is 6.54 Å². The Morgan fingerprint density at radius 3 is 2.77 bits per heavy atom. The molecule has 4 nitrogen and oxygen atoms in total. The van der Waals surface area contributed by atoms with Gasteiger partial charge in [-0.05, 0) is 24.4 Å². The molecule has 0 aliphatic carbocycles. The molecular formula is C16H20ClN3OS. The van der Waals surface area contributed by atoms with Gasteiger partial charge in [-0.25, -0.2) is 4.99 Å². The van der Waals surface area contributed by atoms with E-state index in [9.17, 15) is 5.11 Å². The molecule has 118 valence electrons. The molecule has 0 bridgehead atoms. The Hall–Kier alpha value is -1.56. The van der Waals surface area contributed by atoms with E-state index < -0.39 is 6.10 Å². The van der Waals surface area contributed by atoms with E-state index in [4.69, 9.17) is 11.6 Å². The van der Waals surface area contributed by atoms with Crippen LogP contribution in [0.2, 0.25) is 5.02 Å². The van der Waals surface area contributed by atoms with Crippen LogP contribution >= 0.6 is 22.9 Å². The molecule has 2 rings (SSSR count). The van der Waals surface area contributed by atoms with Gasteiger partial charge >= 0.3 is 0 Å². The van der Waals surface area contributed by atoms with Gasteiger partial charge in [-0.1, -0.05) is 35.9 Å². The number of nitrogens with one attached hydrogen (secondary N) is 2. The average Bonchev–Trinajstić information content (AvgIpc) is 3.03. The van der Waals surface area contributed by atoms with Crippen molar-refractivity contribution in [3.05, 3.63) is 57.2 Å². The first-order chi connectivity index (χ1) is 10.7. The normalized spacial score (nSPS) is 13.0. The highest BCUT2D eigenvalue weighted by Crippen LogP contribution is 2.21. The number of guanidine groups is 1. The van der Waals surface area contributed by atoms with Crippen molar-refractivity contribution in [3.63, 3.8) is 0 Å². The summed E-state index contributed by atoms with van der Waals surface area (Å²) in [4.78, 5) is 5.70. The van der Waals surface area contributed by atoms with E-state index in [0.717, 1.165) is 6.54 Å². The zero-order chi connectivity index (χ0) is 15.8. The second-order valence-corrected chi connectivity index (χ2v) is 6.13. The maximum atomic E-state index is 10.2. The highest BCUT2D eigenvalue weighted by atomic mass is 35.5. The molecule has 0 aliphatic heterocycles. The third kappa shape index (κ3) is 5.02. The number of halogens is 1. The molecule has 0 saturated heterocycles. The van der Waals surface area contributed by atoms with Crippen LogP contribution in [0.3, 0.4) is 0 Å². The number of benzene rings is 1. The molecular weight excluding hydrogens is 318 g/mol. The maximum absolute atomic E-state index is 10.2. The van der Waals surface area contributed by atoms with Crippen molar-refractivity contribution in [2.45, 2.75) is 19.6 Å². The first-order valence-corrected chi connectivity index (χ1v) is 8.43. The number of aliphatic hydroxyl groups excluding tert-OH is 1. The van der Waals surface area contributed by atoms with Crippen molar-refractivity contribution >= 4 is 28.9 Å². The summed E-state index contributed by atoms with van der Waals surface area (Å²) >= 11 is 7.77. The van der Waals surface area contributed by atoms with E-state index in [2.05, 4.69) is 21.7 Å². The Bertz CT molecular complexity index is 601. The predicted molar refractivity (Wildman–Crippen MR) is 93.5 cm³/mol. The molecule has 0 fully saturated rings. The molecule has 6 heteroatoms. The molecule has 1 aromatic carbocycles. The maximum Gasteiger partial charge on any atom is 0.191 e. The number of hydrogen-bond acceptors (Lipinski definition) is 3. The van der Waals surface area contributed by atoms with Gasteiger partial charge in [0.25, 0.3) is 0 Å². The summed E-state index contributed by atoms with van der Waals surface area (Å²) in [5.41, 5.74) is 0.714. The number of aliphatic imine (C=N–C) groups is 1. The Balaban J connectivity index is 1.93. The van der Waals surface area contributed by atoms with Gasteiger partial charge in [0.2, 0.25) is 0 Å². The first kappa shape index (κ1) is 16.8. The molecule has 0 aliphatic rings. The molecule has 3 N–H and O–H groups in total. The number of rotatable bonds is 6. The fraction of sp³-hybridized carbons (Fsp3) is 0.312. The summed E-state index contributed by atoms with van der Waals surface area (Å²) in [7, 11) is 0. The van der Waals surface area contributed by atoms with Crippen molar-refractivity contribution in [1.29, 1.82) is 0 Å². The number of nitrogens with zero attached hydrogens (tertiary/aromatic N) is 1.